The van der Waals surface area contributed by atoms with E-state index in [-0.39, 0.29) is 11.8 Å². The Morgan fingerprint density at radius 3 is 2.50 bits per heavy atom. The molecular formula is C21H32N2O3. The Balaban J connectivity index is 1.78. The van der Waals surface area contributed by atoms with E-state index in [0.29, 0.717) is 37.7 Å². The quantitative estimate of drug-likeness (QED) is 0.680. The molecule has 0 spiro atoms. The summed E-state index contributed by atoms with van der Waals surface area (Å²) in [6, 6.07) is 5.75. The molecule has 144 valence electrons. The largest absolute Gasteiger partial charge is 0.494 e. The fourth-order valence-electron chi connectivity index (χ4n) is 3.18. The van der Waals surface area contributed by atoms with Gasteiger partial charge < -0.3 is 15.0 Å². The molecule has 1 aliphatic heterocycles. The molecule has 0 unspecified atom stereocenters. The highest BCUT2D eigenvalue weighted by molar-refractivity contribution is 5.94. The van der Waals surface area contributed by atoms with Crippen molar-refractivity contribution in [1.29, 1.82) is 0 Å². The summed E-state index contributed by atoms with van der Waals surface area (Å²) in [5.74, 6) is 2.03. The molecule has 0 saturated heterocycles. The first-order valence-corrected chi connectivity index (χ1v) is 9.68. The van der Waals surface area contributed by atoms with Gasteiger partial charge in [0, 0.05) is 31.6 Å². The van der Waals surface area contributed by atoms with Crippen LogP contribution in [0.3, 0.4) is 0 Å². The molecule has 0 aromatic heterocycles. The standard InChI is InChI=1S/C21H32N2O3/c1-15(2)13-23(14-16(3)4)21(25)6-5-11-26-18-8-9-19-17(12-18)7-10-20(24)22-19/h8-9,12,15-16H,5-7,10-11,13-14H2,1-4H3,(H,22,24). The van der Waals surface area contributed by atoms with E-state index < -0.39 is 0 Å². The van der Waals surface area contributed by atoms with Crippen LogP contribution in [0.1, 0.15) is 52.5 Å². The zero-order valence-electron chi connectivity index (χ0n) is 16.5. The van der Waals surface area contributed by atoms with Crippen molar-refractivity contribution in [2.24, 2.45) is 11.8 Å². The second-order valence-corrected chi connectivity index (χ2v) is 7.91. The Morgan fingerprint density at radius 2 is 1.85 bits per heavy atom. The number of hydrogen-bond acceptors (Lipinski definition) is 3. The lowest BCUT2D eigenvalue weighted by molar-refractivity contribution is -0.132. The van der Waals surface area contributed by atoms with Crippen molar-refractivity contribution in [2.45, 2.75) is 53.4 Å². The minimum absolute atomic E-state index is 0.0667. The van der Waals surface area contributed by atoms with Crippen LogP contribution in [0, 0.1) is 11.8 Å². The van der Waals surface area contributed by atoms with Crippen LogP contribution in [0.2, 0.25) is 0 Å². The van der Waals surface area contributed by atoms with E-state index in [1.54, 1.807) is 0 Å². The molecule has 5 nitrogen and oxygen atoms in total. The maximum absolute atomic E-state index is 12.5. The Hall–Kier alpha value is -2.04. The highest BCUT2D eigenvalue weighted by Gasteiger charge is 2.17. The lowest BCUT2D eigenvalue weighted by Gasteiger charge is -2.26. The zero-order valence-corrected chi connectivity index (χ0v) is 16.5. The van der Waals surface area contributed by atoms with E-state index in [1.807, 2.05) is 23.1 Å². The van der Waals surface area contributed by atoms with E-state index >= 15 is 0 Å². The minimum Gasteiger partial charge on any atom is -0.494 e. The van der Waals surface area contributed by atoms with Crippen LogP contribution < -0.4 is 10.1 Å². The van der Waals surface area contributed by atoms with E-state index in [4.69, 9.17) is 4.74 Å². The van der Waals surface area contributed by atoms with Gasteiger partial charge in [0.1, 0.15) is 5.75 Å². The normalized spacial score (nSPS) is 13.5. The molecular weight excluding hydrogens is 328 g/mol. The fourth-order valence-corrected chi connectivity index (χ4v) is 3.18. The van der Waals surface area contributed by atoms with Gasteiger partial charge in [-0.1, -0.05) is 27.7 Å². The number of rotatable bonds is 9. The lowest BCUT2D eigenvalue weighted by atomic mass is 10.0. The van der Waals surface area contributed by atoms with Gasteiger partial charge in [0.25, 0.3) is 0 Å². The first-order chi connectivity index (χ1) is 12.3. The van der Waals surface area contributed by atoms with Crippen molar-refractivity contribution in [2.75, 3.05) is 25.0 Å². The third-order valence-corrected chi connectivity index (χ3v) is 4.30. The summed E-state index contributed by atoms with van der Waals surface area (Å²) in [6.45, 7) is 10.7. The van der Waals surface area contributed by atoms with Crippen LogP contribution >= 0.6 is 0 Å². The number of aryl methyl sites for hydroxylation is 1. The fraction of sp³-hybridized carbons (Fsp3) is 0.619. The van der Waals surface area contributed by atoms with Crippen molar-refractivity contribution in [3.63, 3.8) is 0 Å². The Labute approximate surface area is 157 Å². The predicted octanol–water partition coefficient (Wildman–Crippen LogP) is 3.87. The summed E-state index contributed by atoms with van der Waals surface area (Å²) in [5, 5.41) is 2.87. The third kappa shape index (κ3) is 6.36. The second-order valence-electron chi connectivity index (χ2n) is 7.91. The van der Waals surface area contributed by atoms with Gasteiger partial charge in [0.2, 0.25) is 11.8 Å². The number of anilines is 1. The summed E-state index contributed by atoms with van der Waals surface area (Å²) in [4.78, 5) is 25.9. The van der Waals surface area contributed by atoms with Gasteiger partial charge in [-0.15, -0.1) is 0 Å². The molecule has 5 heteroatoms. The van der Waals surface area contributed by atoms with Gasteiger partial charge in [-0.3, -0.25) is 9.59 Å². The molecule has 1 heterocycles. The number of hydrogen-bond donors (Lipinski definition) is 1. The van der Waals surface area contributed by atoms with Crippen LogP contribution in [-0.2, 0) is 16.0 Å². The number of ether oxygens (including phenoxy) is 1. The first-order valence-electron chi connectivity index (χ1n) is 9.68. The van der Waals surface area contributed by atoms with E-state index in [0.717, 1.165) is 36.5 Å². The smallest absolute Gasteiger partial charge is 0.224 e. The minimum atomic E-state index is 0.0667. The number of amides is 2. The van der Waals surface area contributed by atoms with Gasteiger partial charge >= 0.3 is 0 Å². The summed E-state index contributed by atoms with van der Waals surface area (Å²) in [6.07, 6.45) is 2.49. The average Bonchev–Trinajstić information content (AvgIpc) is 2.57. The molecule has 0 bridgehead atoms. The molecule has 26 heavy (non-hydrogen) atoms. The maximum Gasteiger partial charge on any atom is 0.224 e. The lowest BCUT2D eigenvalue weighted by Crippen LogP contribution is -2.37. The number of fused-ring (bicyclic) bond motifs is 1. The van der Waals surface area contributed by atoms with Gasteiger partial charge in [-0.25, -0.2) is 0 Å². The number of nitrogens with one attached hydrogen (secondary N) is 1. The molecule has 0 radical (unpaired) electrons. The highest BCUT2D eigenvalue weighted by atomic mass is 16.5. The van der Waals surface area contributed by atoms with Crippen LogP contribution in [0.25, 0.3) is 0 Å². The molecule has 0 aliphatic carbocycles. The second kappa shape index (κ2) is 9.60. The molecule has 2 amide bonds. The van der Waals surface area contributed by atoms with Crippen LogP contribution in [0.4, 0.5) is 5.69 Å². The zero-order chi connectivity index (χ0) is 19.1. The highest BCUT2D eigenvalue weighted by Crippen LogP contribution is 2.26. The summed E-state index contributed by atoms with van der Waals surface area (Å²) < 4.78 is 5.81. The van der Waals surface area contributed by atoms with E-state index in [9.17, 15) is 9.59 Å². The Bertz CT molecular complexity index is 616. The van der Waals surface area contributed by atoms with E-state index in [2.05, 4.69) is 33.0 Å². The van der Waals surface area contributed by atoms with E-state index in [1.165, 1.54) is 0 Å². The molecule has 0 fully saturated rings. The van der Waals surface area contributed by atoms with Crippen LogP contribution in [-0.4, -0.2) is 36.4 Å². The summed E-state index contributed by atoms with van der Waals surface area (Å²) in [7, 11) is 0. The average molecular weight is 360 g/mol. The number of carbonyl (C=O) groups excluding carboxylic acids is 2. The van der Waals surface area contributed by atoms with Crippen molar-refractivity contribution < 1.29 is 14.3 Å². The molecule has 2 rings (SSSR count). The number of benzene rings is 1. The number of nitrogens with zero attached hydrogens (tertiary/aromatic N) is 1. The van der Waals surface area contributed by atoms with Crippen molar-refractivity contribution in [3.05, 3.63) is 23.8 Å². The van der Waals surface area contributed by atoms with Gasteiger partial charge in [0.15, 0.2) is 0 Å². The molecule has 0 atom stereocenters. The SMILES string of the molecule is CC(C)CN(CC(C)C)C(=O)CCCOc1ccc2c(c1)CCC(=O)N2. The molecule has 0 saturated carbocycles. The summed E-state index contributed by atoms with van der Waals surface area (Å²) >= 11 is 0. The molecule has 1 aromatic carbocycles. The van der Waals surface area contributed by atoms with Crippen LogP contribution in [0.15, 0.2) is 18.2 Å². The Morgan fingerprint density at radius 1 is 1.15 bits per heavy atom. The van der Waals surface area contributed by atoms with Gasteiger partial charge in [0.05, 0.1) is 6.61 Å². The van der Waals surface area contributed by atoms with Crippen molar-refractivity contribution >= 4 is 17.5 Å². The van der Waals surface area contributed by atoms with Crippen molar-refractivity contribution in [1.82, 2.24) is 4.90 Å². The first kappa shape index (κ1) is 20.3. The van der Waals surface area contributed by atoms with Gasteiger partial charge in [-0.2, -0.15) is 0 Å². The van der Waals surface area contributed by atoms with Crippen LogP contribution in [0.5, 0.6) is 5.75 Å². The monoisotopic (exact) mass is 360 g/mol. The summed E-state index contributed by atoms with van der Waals surface area (Å²) in [5.41, 5.74) is 1.99. The number of carbonyl (C=O) groups is 2. The Kier molecular flexibility index (Phi) is 7.49. The molecule has 1 aromatic rings. The topological polar surface area (TPSA) is 58.6 Å². The predicted molar refractivity (Wildman–Crippen MR) is 104 cm³/mol. The maximum atomic E-state index is 12.5. The molecule has 1 N–H and O–H groups in total. The van der Waals surface area contributed by atoms with Crippen molar-refractivity contribution in [3.8, 4) is 5.75 Å². The molecule has 1 aliphatic rings. The third-order valence-electron chi connectivity index (χ3n) is 4.30. The van der Waals surface area contributed by atoms with Gasteiger partial charge in [-0.05, 0) is 48.4 Å².